The number of sulfonamides is 1. The maximum atomic E-state index is 14.3. The molecule has 42 heavy (non-hydrogen) atoms. The van der Waals surface area contributed by atoms with Crippen molar-refractivity contribution in [3.8, 4) is 0 Å². The van der Waals surface area contributed by atoms with Crippen molar-refractivity contribution in [3.63, 3.8) is 0 Å². The van der Waals surface area contributed by atoms with Gasteiger partial charge in [0.2, 0.25) is 11.8 Å². The predicted octanol–water partition coefficient (Wildman–Crippen LogP) is 6.67. The first kappa shape index (κ1) is 31.9. The second kappa shape index (κ2) is 13.9. The Bertz CT molecular complexity index is 1520. The number of halogens is 2. The molecule has 0 spiro atoms. The van der Waals surface area contributed by atoms with Gasteiger partial charge in [0.1, 0.15) is 12.6 Å². The van der Waals surface area contributed by atoms with Gasteiger partial charge >= 0.3 is 0 Å². The monoisotopic (exact) mass is 629 g/mol. The van der Waals surface area contributed by atoms with Crippen LogP contribution in [-0.2, 0) is 26.2 Å². The summed E-state index contributed by atoms with van der Waals surface area (Å²) in [5.74, 6) is -0.778. The summed E-state index contributed by atoms with van der Waals surface area (Å²) in [5.41, 5.74) is 2.60. The Hall–Kier alpha value is -3.07. The van der Waals surface area contributed by atoms with Gasteiger partial charge in [-0.05, 0) is 74.6 Å². The van der Waals surface area contributed by atoms with Gasteiger partial charge in [0.25, 0.3) is 10.0 Å². The first-order valence-electron chi connectivity index (χ1n) is 14.2. The Labute approximate surface area is 258 Å². The number of carbonyl (C=O) groups is 2. The van der Waals surface area contributed by atoms with E-state index < -0.39 is 28.5 Å². The zero-order valence-electron chi connectivity index (χ0n) is 24.1. The minimum Gasteiger partial charge on any atom is -0.352 e. The highest BCUT2D eigenvalue weighted by Crippen LogP contribution is 2.29. The molecule has 0 aliphatic heterocycles. The molecule has 0 unspecified atom stereocenters. The number of anilines is 1. The number of carbonyl (C=O) groups excluding carboxylic acids is 2. The van der Waals surface area contributed by atoms with E-state index >= 15 is 0 Å². The van der Waals surface area contributed by atoms with E-state index in [0.717, 1.165) is 35.6 Å². The second-order valence-corrected chi connectivity index (χ2v) is 13.5. The predicted molar refractivity (Wildman–Crippen MR) is 168 cm³/mol. The van der Waals surface area contributed by atoms with Crippen LogP contribution in [0.15, 0.2) is 71.6 Å². The molecule has 1 aliphatic carbocycles. The van der Waals surface area contributed by atoms with Gasteiger partial charge in [0.05, 0.1) is 10.6 Å². The Balaban J connectivity index is 1.74. The van der Waals surface area contributed by atoms with Crippen molar-refractivity contribution in [1.82, 2.24) is 10.2 Å². The maximum absolute atomic E-state index is 14.3. The van der Waals surface area contributed by atoms with E-state index in [1.165, 1.54) is 17.0 Å². The highest BCUT2D eigenvalue weighted by atomic mass is 35.5. The van der Waals surface area contributed by atoms with E-state index in [9.17, 15) is 18.0 Å². The van der Waals surface area contributed by atoms with Crippen molar-refractivity contribution in [2.45, 2.75) is 76.4 Å². The van der Waals surface area contributed by atoms with E-state index in [-0.39, 0.29) is 23.4 Å². The third-order valence-corrected chi connectivity index (χ3v) is 10.1. The molecule has 3 aromatic carbocycles. The van der Waals surface area contributed by atoms with Gasteiger partial charge in [-0.15, -0.1) is 0 Å². The number of hydrogen-bond donors (Lipinski definition) is 1. The molecular formula is C32H37Cl2N3O4S. The van der Waals surface area contributed by atoms with Crippen LogP contribution in [0.5, 0.6) is 0 Å². The van der Waals surface area contributed by atoms with Crippen LogP contribution in [0.4, 0.5) is 5.69 Å². The lowest BCUT2D eigenvalue weighted by Crippen LogP contribution is -2.53. The summed E-state index contributed by atoms with van der Waals surface area (Å²) < 4.78 is 29.2. The molecule has 224 valence electrons. The lowest BCUT2D eigenvalue weighted by atomic mass is 10.1. The lowest BCUT2D eigenvalue weighted by molar-refractivity contribution is -0.140. The van der Waals surface area contributed by atoms with Crippen LogP contribution >= 0.6 is 23.2 Å². The van der Waals surface area contributed by atoms with Gasteiger partial charge < -0.3 is 10.2 Å². The van der Waals surface area contributed by atoms with E-state index in [4.69, 9.17) is 23.2 Å². The summed E-state index contributed by atoms with van der Waals surface area (Å²) in [5, 5.41) is 3.91. The lowest BCUT2D eigenvalue weighted by Gasteiger charge is -2.34. The SMILES string of the molecule is CC[C@@H](C(=O)NC1CCCC1)N(Cc1ccc(Cl)cc1Cl)C(=O)CN(c1ccccc1C)S(=O)(=O)c1ccc(C)cc1. The molecule has 0 bridgehead atoms. The van der Waals surface area contributed by atoms with E-state index in [0.29, 0.717) is 33.3 Å². The average molecular weight is 631 g/mol. The highest BCUT2D eigenvalue weighted by Gasteiger charge is 2.35. The van der Waals surface area contributed by atoms with Crippen molar-refractivity contribution < 1.29 is 18.0 Å². The first-order valence-corrected chi connectivity index (χ1v) is 16.4. The number of nitrogens with zero attached hydrogens (tertiary/aromatic N) is 2. The molecule has 4 rings (SSSR count). The molecule has 0 heterocycles. The summed E-state index contributed by atoms with van der Waals surface area (Å²) in [7, 11) is -4.14. The molecule has 7 nitrogen and oxygen atoms in total. The largest absolute Gasteiger partial charge is 0.352 e. The number of amides is 2. The number of para-hydroxylation sites is 1. The van der Waals surface area contributed by atoms with Crippen LogP contribution in [0.3, 0.4) is 0 Å². The Morgan fingerprint density at radius 1 is 0.976 bits per heavy atom. The van der Waals surface area contributed by atoms with Gasteiger partial charge in [-0.3, -0.25) is 13.9 Å². The minimum absolute atomic E-state index is 0.0115. The number of aryl methyl sites for hydroxylation is 2. The summed E-state index contributed by atoms with van der Waals surface area (Å²) in [4.78, 5) is 29.4. The standard InChI is InChI=1S/C32H37Cl2N3O4S/c1-4-29(32(39)35-26-10-6-7-11-26)36(20-24-15-16-25(33)19-28(24)34)31(38)21-37(30-12-8-5-9-23(30)3)42(40,41)27-17-13-22(2)14-18-27/h5,8-9,12-19,26,29H,4,6-7,10-11,20-21H2,1-3H3,(H,35,39)/t29-/m0/s1. The molecule has 1 fully saturated rings. The van der Waals surface area contributed by atoms with Crippen molar-refractivity contribution in [3.05, 3.63) is 93.5 Å². The quantitative estimate of drug-likeness (QED) is 0.256. The molecule has 10 heteroatoms. The molecule has 2 amide bonds. The summed E-state index contributed by atoms with van der Waals surface area (Å²) in [6.45, 7) is 5.02. The molecule has 0 radical (unpaired) electrons. The number of benzene rings is 3. The first-order chi connectivity index (χ1) is 20.0. The minimum atomic E-state index is -4.14. The van der Waals surface area contributed by atoms with Crippen LogP contribution in [-0.4, -0.2) is 43.8 Å². The normalized spacial score (nSPS) is 14.4. The fraction of sp³-hybridized carbons (Fsp3) is 0.375. The Morgan fingerprint density at radius 2 is 1.64 bits per heavy atom. The average Bonchev–Trinajstić information content (AvgIpc) is 3.46. The molecule has 1 aliphatic rings. The molecule has 0 saturated heterocycles. The van der Waals surface area contributed by atoms with Gasteiger partial charge in [0, 0.05) is 22.6 Å². The second-order valence-electron chi connectivity index (χ2n) is 10.8. The zero-order chi connectivity index (χ0) is 30.4. The van der Waals surface area contributed by atoms with E-state index in [1.54, 1.807) is 55.5 Å². The third kappa shape index (κ3) is 7.46. The number of nitrogens with one attached hydrogen (secondary N) is 1. The topological polar surface area (TPSA) is 86.8 Å². The fourth-order valence-electron chi connectivity index (χ4n) is 5.31. The van der Waals surface area contributed by atoms with Crippen molar-refractivity contribution in [1.29, 1.82) is 0 Å². The fourth-order valence-corrected chi connectivity index (χ4v) is 7.26. The van der Waals surface area contributed by atoms with Gasteiger partial charge in [-0.25, -0.2) is 8.42 Å². The molecule has 1 atom stereocenters. The van der Waals surface area contributed by atoms with E-state index in [2.05, 4.69) is 5.32 Å². The zero-order valence-corrected chi connectivity index (χ0v) is 26.5. The van der Waals surface area contributed by atoms with Crippen molar-refractivity contribution in [2.75, 3.05) is 10.8 Å². The molecule has 0 aromatic heterocycles. The van der Waals surface area contributed by atoms with Gasteiger partial charge in [0.15, 0.2) is 0 Å². The van der Waals surface area contributed by atoms with E-state index in [1.807, 2.05) is 19.9 Å². The third-order valence-electron chi connectivity index (χ3n) is 7.72. The maximum Gasteiger partial charge on any atom is 0.264 e. The van der Waals surface area contributed by atoms with Crippen LogP contribution in [0.25, 0.3) is 0 Å². The van der Waals surface area contributed by atoms with Crippen LogP contribution < -0.4 is 9.62 Å². The summed E-state index contributed by atoms with van der Waals surface area (Å²) in [6, 6.07) is 17.8. The summed E-state index contributed by atoms with van der Waals surface area (Å²) in [6.07, 6.45) is 4.23. The van der Waals surface area contributed by atoms with Crippen LogP contribution in [0, 0.1) is 13.8 Å². The highest BCUT2D eigenvalue weighted by molar-refractivity contribution is 7.92. The molecule has 1 N–H and O–H groups in total. The Kier molecular flexibility index (Phi) is 10.6. The van der Waals surface area contributed by atoms with Crippen molar-refractivity contribution in [2.24, 2.45) is 0 Å². The van der Waals surface area contributed by atoms with Crippen LogP contribution in [0.1, 0.15) is 55.7 Å². The van der Waals surface area contributed by atoms with Crippen molar-refractivity contribution >= 4 is 50.7 Å². The molecule has 3 aromatic rings. The Morgan fingerprint density at radius 3 is 2.26 bits per heavy atom. The molecule has 1 saturated carbocycles. The van der Waals surface area contributed by atoms with Gasteiger partial charge in [-0.1, -0.05) is 84.9 Å². The smallest absolute Gasteiger partial charge is 0.264 e. The van der Waals surface area contributed by atoms with Crippen LogP contribution in [0.2, 0.25) is 10.0 Å². The van der Waals surface area contributed by atoms with Gasteiger partial charge in [-0.2, -0.15) is 0 Å². The number of hydrogen-bond acceptors (Lipinski definition) is 4. The summed E-state index contributed by atoms with van der Waals surface area (Å²) >= 11 is 12.6. The number of rotatable bonds is 11. The molecular weight excluding hydrogens is 593 g/mol.